The first-order valence-corrected chi connectivity index (χ1v) is 9.46. The zero-order valence-corrected chi connectivity index (χ0v) is 14.9. The molecular formula is C21H24N4O. The molecule has 2 heterocycles. The van der Waals surface area contributed by atoms with E-state index in [0.29, 0.717) is 18.2 Å². The van der Waals surface area contributed by atoms with E-state index in [9.17, 15) is 4.79 Å². The molecule has 2 aromatic heterocycles. The number of pyridine rings is 1. The maximum atomic E-state index is 12.4. The van der Waals surface area contributed by atoms with Gasteiger partial charge in [0.05, 0.1) is 17.4 Å². The van der Waals surface area contributed by atoms with Gasteiger partial charge in [-0.1, -0.05) is 25.3 Å². The lowest BCUT2D eigenvalue weighted by Crippen LogP contribution is -2.25. The highest BCUT2D eigenvalue weighted by Crippen LogP contribution is 2.30. The molecule has 4 rings (SSSR count). The highest BCUT2D eigenvalue weighted by Gasteiger charge is 2.18. The quantitative estimate of drug-likeness (QED) is 0.760. The number of hydrogen-bond acceptors (Lipinski definition) is 3. The Kier molecular flexibility index (Phi) is 4.95. The van der Waals surface area contributed by atoms with Gasteiger partial charge in [-0.3, -0.25) is 9.78 Å². The Hall–Kier alpha value is -2.69. The first-order valence-electron chi connectivity index (χ1n) is 9.46. The predicted octanol–water partition coefficient (Wildman–Crippen LogP) is 3.91. The third-order valence-electron chi connectivity index (χ3n) is 5.20. The van der Waals surface area contributed by atoms with Gasteiger partial charge < -0.3 is 9.88 Å². The van der Waals surface area contributed by atoms with E-state index in [1.54, 1.807) is 6.20 Å². The fourth-order valence-electron chi connectivity index (χ4n) is 3.78. The van der Waals surface area contributed by atoms with Crippen molar-refractivity contribution in [2.45, 2.75) is 44.6 Å². The Morgan fingerprint density at radius 1 is 1.12 bits per heavy atom. The molecule has 0 saturated heterocycles. The number of carbonyl (C=O) groups is 1. The molecule has 5 heteroatoms. The van der Waals surface area contributed by atoms with Gasteiger partial charge in [0.1, 0.15) is 0 Å². The summed E-state index contributed by atoms with van der Waals surface area (Å²) < 4.78 is 2.29. The zero-order valence-electron chi connectivity index (χ0n) is 14.9. The molecule has 1 aliphatic rings. The lowest BCUT2D eigenvalue weighted by atomic mass is 9.95. The summed E-state index contributed by atoms with van der Waals surface area (Å²) in [6.45, 7) is 0.574. The summed E-state index contributed by atoms with van der Waals surface area (Å²) >= 11 is 0. The minimum atomic E-state index is -0.0601. The number of nitrogens with one attached hydrogen (secondary N) is 1. The number of rotatable bonds is 5. The van der Waals surface area contributed by atoms with Crippen LogP contribution in [0.2, 0.25) is 0 Å². The number of carbonyl (C=O) groups excluding carboxylic acids is 1. The Balaban J connectivity index is 1.42. The normalized spacial score (nSPS) is 15.2. The van der Waals surface area contributed by atoms with Gasteiger partial charge in [0.25, 0.3) is 5.91 Å². The molecule has 1 N–H and O–H groups in total. The van der Waals surface area contributed by atoms with Crippen LogP contribution in [0.5, 0.6) is 0 Å². The molecule has 0 bridgehead atoms. The summed E-state index contributed by atoms with van der Waals surface area (Å²) in [6, 6.07) is 12.2. The van der Waals surface area contributed by atoms with Crippen LogP contribution in [0.15, 0.2) is 48.9 Å². The highest BCUT2D eigenvalue weighted by atomic mass is 16.1. The molecule has 0 unspecified atom stereocenters. The van der Waals surface area contributed by atoms with Crippen molar-refractivity contribution in [3.63, 3.8) is 0 Å². The molecule has 1 fully saturated rings. The first kappa shape index (κ1) is 16.8. The van der Waals surface area contributed by atoms with Gasteiger partial charge in [0.2, 0.25) is 0 Å². The van der Waals surface area contributed by atoms with E-state index in [2.05, 4.69) is 19.9 Å². The van der Waals surface area contributed by atoms with Crippen LogP contribution in [-0.4, -0.2) is 27.0 Å². The largest absolute Gasteiger partial charge is 0.352 e. The fourth-order valence-corrected chi connectivity index (χ4v) is 3.78. The Bertz CT molecular complexity index is 881. The second-order valence-electron chi connectivity index (χ2n) is 6.97. The fraction of sp³-hybridized carbons (Fsp3) is 0.381. The summed E-state index contributed by atoms with van der Waals surface area (Å²) in [4.78, 5) is 21.2. The summed E-state index contributed by atoms with van der Waals surface area (Å²) in [7, 11) is 0. The van der Waals surface area contributed by atoms with E-state index in [-0.39, 0.29) is 5.91 Å². The minimum Gasteiger partial charge on any atom is -0.352 e. The standard InChI is InChI=1S/C21H24N4O/c26-21(23-13-11-17-6-4-5-12-22-17)16-9-10-20-19(14-16)24-15-25(20)18-7-2-1-3-8-18/h4-6,9-10,12,14-15,18H,1-3,7-8,11,13H2,(H,23,26). The van der Waals surface area contributed by atoms with Crippen LogP contribution in [0.4, 0.5) is 0 Å². The molecule has 1 aliphatic carbocycles. The Morgan fingerprint density at radius 3 is 2.81 bits per heavy atom. The molecule has 3 aromatic rings. The van der Waals surface area contributed by atoms with Gasteiger partial charge in [-0.15, -0.1) is 0 Å². The molecule has 26 heavy (non-hydrogen) atoms. The van der Waals surface area contributed by atoms with Crippen molar-refractivity contribution < 1.29 is 4.79 Å². The van der Waals surface area contributed by atoms with Gasteiger partial charge in [-0.25, -0.2) is 4.98 Å². The first-order chi connectivity index (χ1) is 12.8. The molecule has 134 valence electrons. The van der Waals surface area contributed by atoms with Crippen LogP contribution in [0, 0.1) is 0 Å². The van der Waals surface area contributed by atoms with Gasteiger partial charge >= 0.3 is 0 Å². The molecule has 1 saturated carbocycles. The molecule has 0 spiro atoms. The van der Waals surface area contributed by atoms with E-state index in [4.69, 9.17) is 0 Å². The third-order valence-corrected chi connectivity index (χ3v) is 5.20. The third kappa shape index (κ3) is 3.62. The topological polar surface area (TPSA) is 59.8 Å². The van der Waals surface area contributed by atoms with Gasteiger partial charge in [0, 0.05) is 36.5 Å². The van der Waals surface area contributed by atoms with Crippen molar-refractivity contribution in [2.75, 3.05) is 6.54 Å². The summed E-state index contributed by atoms with van der Waals surface area (Å²) in [5.74, 6) is -0.0601. The average Bonchev–Trinajstić information content (AvgIpc) is 3.12. The highest BCUT2D eigenvalue weighted by molar-refractivity contribution is 5.97. The molecular weight excluding hydrogens is 324 g/mol. The maximum absolute atomic E-state index is 12.4. The van der Waals surface area contributed by atoms with E-state index in [1.165, 1.54) is 32.1 Å². The number of benzene rings is 1. The summed E-state index contributed by atoms with van der Waals surface area (Å²) in [6.07, 6.45) is 10.8. The Morgan fingerprint density at radius 2 is 2.00 bits per heavy atom. The van der Waals surface area contributed by atoms with Crippen LogP contribution < -0.4 is 5.32 Å². The zero-order chi connectivity index (χ0) is 17.8. The molecule has 0 aliphatic heterocycles. The van der Waals surface area contributed by atoms with Gasteiger partial charge in [-0.2, -0.15) is 0 Å². The number of hydrogen-bond donors (Lipinski definition) is 1. The van der Waals surface area contributed by atoms with Crippen LogP contribution in [0.25, 0.3) is 11.0 Å². The number of amides is 1. The van der Waals surface area contributed by atoms with E-state index in [1.807, 2.05) is 42.7 Å². The second kappa shape index (κ2) is 7.68. The summed E-state index contributed by atoms with van der Waals surface area (Å²) in [5.41, 5.74) is 3.66. The van der Waals surface area contributed by atoms with E-state index in [0.717, 1.165) is 23.1 Å². The SMILES string of the molecule is O=C(NCCc1ccccn1)c1ccc2c(c1)ncn2C1CCCCC1. The van der Waals surface area contributed by atoms with E-state index < -0.39 is 0 Å². The van der Waals surface area contributed by atoms with Gasteiger partial charge in [0.15, 0.2) is 0 Å². The van der Waals surface area contributed by atoms with Crippen molar-refractivity contribution in [1.29, 1.82) is 0 Å². The van der Waals surface area contributed by atoms with Crippen LogP contribution in [0.1, 0.15) is 54.2 Å². The monoisotopic (exact) mass is 348 g/mol. The summed E-state index contributed by atoms with van der Waals surface area (Å²) in [5, 5.41) is 2.97. The molecule has 0 atom stereocenters. The van der Waals surface area contributed by atoms with Crippen LogP contribution in [0.3, 0.4) is 0 Å². The molecule has 0 radical (unpaired) electrons. The number of imidazole rings is 1. The molecule has 5 nitrogen and oxygen atoms in total. The van der Waals surface area contributed by atoms with Crippen molar-refractivity contribution >= 4 is 16.9 Å². The predicted molar refractivity (Wildman–Crippen MR) is 102 cm³/mol. The van der Waals surface area contributed by atoms with Crippen LogP contribution >= 0.6 is 0 Å². The van der Waals surface area contributed by atoms with Crippen molar-refractivity contribution in [3.05, 3.63) is 60.2 Å². The lowest BCUT2D eigenvalue weighted by Gasteiger charge is -2.23. The Labute approximate surface area is 153 Å². The second-order valence-corrected chi connectivity index (χ2v) is 6.97. The molecule has 1 amide bonds. The smallest absolute Gasteiger partial charge is 0.251 e. The maximum Gasteiger partial charge on any atom is 0.251 e. The number of nitrogens with zero attached hydrogens (tertiary/aromatic N) is 3. The average molecular weight is 348 g/mol. The van der Waals surface area contributed by atoms with Crippen molar-refractivity contribution in [2.24, 2.45) is 0 Å². The van der Waals surface area contributed by atoms with Crippen molar-refractivity contribution in [1.82, 2.24) is 19.9 Å². The lowest BCUT2D eigenvalue weighted by molar-refractivity contribution is 0.0954. The van der Waals surface area contributed by atoms with Gasteiger partial charge in [-0.05, 0) is 43.2 Å². The molecule has 1 aromatic carbocycles. The van der Waals surface area contributed by atoms with Crippen molar-refractivity contribution in [3.8, 4) is 0 Å². The number of aromatic nitrogens is 3. The minimum absolute atomic E-state index is 0.0601. The van der Waals surface area contributed by atoms with E-state index >= 15 is 0 Å². The number of fused-ring (bicyclic) bond motifs is 1. The van der Waals surface area contributed by atoms with Crippen LogP contribution in [-0.2, 0) is 6.42 Å².